The molecule has 4 heteroatoms. The Kier molecular flexibility index (Phi) is 4.07. The molecule has 0 spiro atoms. The first kappa shape index (κ1) is 10.7. The van der Waals surface area contributed by atoms with Crippen LogP contribution in [0.4, 0.5) is 5.69 Å². The number of hydrogen-bond donors (Lipinski definition) is 2. The van der Waals surface area contributed by atoms with Crippen LogP contribution in [0.3, 0.4) is 0 Å². The fraction of sp³-hybridized carbons (Fsp3) is 0.200. The van der Waals surface area contributed by atoms with Gasteiger partial charge >= 0.3 is 5.97 Å². The Hall–Kier alpha value is -1.42. The number of carbonyl (C=O) groups is 1. The molecular formula is C10H11NO2S. The first-order chi connectivity index (χ1) is 6.68. The van der Waals surface area contributed by atoms with E-state index >= 15 is 0 Å². The predicted molar refractivity (Wildman–Crippen MR) is 59.5 cm³/mol. The minimum Gasteiger partial charge on any atom is -0.481 e. The number of benzene rings is 1. The molecule has 0 aromatic heterocycles. The topological polar surface area (TPSA) is 49.3 Å². The molecule has 14 heavy (non-hydrogen) atoms. The van der Waals surface area contributed by atoms with Gasteiger partial charge in [-0.15, -0.1) is 0 Å². The predicted octanol–water partition coefficient (Wildman–Crippen LogP) is 2.29. The van der Waals surface area contributed by atoms with Crippen LogP contribution in [-0.4, -0.2) is 16.1 Å². The highest BCUT2D eigenvalue weighted by atomic mass is 32.1. The van der Waals surface area contributed by atoms with E-state index in [2.05, 4.69) is 5.32 Å². The molecule has 0 amide bonds. The fourth-order valence-electron chi connectivity index (χ4n) is 0.965. The van der Waals surface area contributed by atoms with Gasteiger partial charge in [0, 0.05) is 12.1 Å². The molecule has 74 valence electrons. The van der Waals surface area contributed by atoms with Crippen LogP contribution in [0.5, 0.6) is 0 Å². The normalized spacial score (nSPS) is 9.43. The van der Waals surface area contributed by atoms with Crippen molar-refractivity contribution in [1.29, 1.82) is 0 Å². The van der Waals surface area contributed by atoms with Gasteiger partial charge in [0.05, 0.1) is 11.4 Å². The summed E-state index contributed by atoms with van der Waals surface area (Å²) in [6.45, 7) is 0. The number of thiocarbonyl (C=S) groups is 1. The second-order valence-corrected chi connectivity index (χ2v) is 3.30. The van der Waals surface area contributed by atoms with Crippen molar-refractivity contribution in [3.63, 3.8) is 0 Å². The van der Waals surface area contributed by atoms with Crippen LogP contribution in [0.2, 0.25) is 0 Å². The molecule has 0 unspecified atom stereocenters. The summed E-state index contributed by atoms with van der Waals surface area (Å²) in [5.41, 5.74) is 0.892. The first-order valence-electron chi connectivity index (χ1n) is 4.25. The average molecular weight is 209 g/mol. The Balaban J connectivity index is 2.38. The second kappa shape index (κ2) is 5.34. The second-order valence-electron chi connectivity index (χ2n) is 2.81. The van der Waals surface area contributed by atoms with Gasteiger partial charge in [-0.25, -0.2) is 0 Å². The number of carboxylic acid groups (broad SMARTS) is 1. The van der Waals surface area contributed by atoms with Crippen LogP contribution in [0.25, 0.3) is 0 Å². The van der Waals surface area contributed by atoms with E-state index in [0.717, 1.165) is 5.69 Å². The summed E-state index contributed by atoms with van der Waals surface area (Å²) in [7, 11) is 0. The molecule has 0 bridgehead atoms. The molecule has 2 N–H and O–H groups in total. The highest BCUT2D eigenvalue weighted by Gasteiger charge is 2.01. The Morgan fingerprint density at radius 3 is 2.50 bits per heavy atom. The van der Waals surface area contributed by atoms with Crippen molar-refractivity contribution in [1.82, 2.24) is 0 Å². The van der Waals surface area contributed by atoms with Crippen LogP contribution < -0.4 is 5.32 Å². The maximum atomic E-state index is 10.3. The van der Waals surface area contributed by atoms with Crippen LogP contribution in [-0.2, 0) is 4.79 Å². The molecule has 1 aromatic carbocycles. The highest BCUT2D eigenvalue weighted by Crippen LogP contribution is 2.06. The highest BCUT2D eigenvalue weighted by molar-refractivity contribution is 7.80. The van der Waals surface area contributed by atoms with Gasteiger partial charge in [-0.1, -0.05) is 30.4 Å². The molecular weight excluding hydrogens is 198 g/mol. The Morgan fingerprint density at radius 1 is 1.29 bits per heavy atom. The van der Waals surface area contributed by atoms with Gasteiger partial charge in [0.15, 0.2) is 0 Å². The third-order valence-electron chi connectivity index (χ3n) is 1.62. The van der Waals surface area contributed by atoms with Crippen LogP contribution in [0.15, 0.2) is 30.3 Å². The van der Waals surface area contributed by atoms with Gasteiger partial charge in [0.2, 0.25) is 0 Å². The molecule has 1 aromatic rings. The first-order valence-corrected chi connectivity index (χ1v) is 4.66. The summed E-state index contributed by atoms with van der Waals surface area (Å²) < 4.78 is 0. The van der Waals surface area contributed by atoms with Crippen molar-refractivity contribution < 1.29 is 9.90 Å². The Bertz CT molecular complexity index is 324. The number of aliphatic carboxylic acids is 1. The van der Waals surface area contributed by atoms with E-state index in [9.17, 15) is 4.79 Å². The molecule has 0 saturated heterocycles. The van der Waals surface area contributed by atoms with Crippen molar-refractivity contribution in [3.8, 4) is 0 Å². The van der Waals surface area contributed by atoms with Gasteiger partial charge in [-0.05, 0) is 12.1 Å². The third kappa shape index (κ3) is 4.00. The van der Waals surface area contributed by atoms with E-state index < -0.39 is 5.97 Å². The van der Waals surface area contributed by atoms with Gasteiger partial charge in [-0.2, -0.15) is 0 Å². The zero-order chi connectivity index (χ0) is 10.4. The van der Waals surface area contributed by atoms with E-state index in [1.807, 2.05) is 30.3 Å². The van der Waals surface area contributed by atoms with E-state index in [4.69, 9.17) is 17.3 Å². The fourth-order valence-corrected chi connectivity index (χ4v) is 1.19. The van der Waals surface area contributed by atoms with Crippen molar-refractivity contribution in [2.75, 3.05) is 5.32 Å². The number of hydrogen-bond acceptors (Lipinski definition) is 2. The largest absolute Gasteiger partial charge is 0.481 e. The maximum absolute atomic E-state index is 10.3. The zero-order valence-corrected chi connectivity index (χ0v) is 8.38. The van der Waals surface area contributed by atoms with E-state index in [1.54, 1.807) is 0 Å². The SMILES string of the molecule is O=C(O)CCC(=S)Nc1ccccc1. The lowest BCUT2D eigenvalue weighted by Gasteiger charge is -2.05. The Morgan fingerprint density at radius 2 is 1.93 bits per heavy atom. The van der Waals surface area contributed by atoms with Crippen LogP contribution >= 0.6 is 12.2 Å². The molecule has 0 radical (unpaired) electrons. The van der Waals surface area contributed by atoms with Crippen LogP contribution in [0.1, 0.15) is 12.8 Å². The van der Waals surface area contributed by atoms with Gasteiger partial charge in [0.25, 0.3) is 0 Å². The Labute approximate surface area is 87.8 Å². The van der Waals surface area contributed by atoms with E-state index in [-0.39, 0.29) is 6.42 Å². The smallest absolute Gasteiger partial charge is 0.303 e. The number of para-hydroxylation sites is 1. The standard InChI is InChI=1S/C10H11NO2S/c12-10(13)7-6-9(14)11-8-4-2-1-3-5-8/h1-5H,6-7H2,(H,11,14)(H,12,13). The molecule has 0 aliphatic rings. The molecule has 0 aliphatic heterocycles. The zero-order valence-electron chi connectivity index (χ0n) is 7.56. The summed E-state index contributed by atoms with van der Waals surface area (Å²) in [5, 5.41) is 11.4. The number of nitrogens with one attached hydrogen (secondary N) is 1. The molecule has 0 saturated carbocycles. The molecule has 0 heterocycles. The van der Waals surface area contributed by atoms with Crippen molar-refractivity contribution in [2.45, 2.75) is 12.8 Å². The average Bonchev–Trinajstić information content (AvgIpc) is 2.16. The van der Waals surface area contributed by atoms with Gasteiger partial charge in [-0.3, -0.25) is 4.79 Å². The van der Waals surface area contributed by atoms with Crippen molar-refractivity contribution >= 4 is 28.9 Å². The van der Waals surface area contributed by atoms with E-state index in [1.165, 1.54) is 0 Å². The lowest BCUT2D eigenvalue weighted by molar-refractivity contribution is -0.136. The summed E-state index contributed by atoms with van der Waals surface area (Å²) in [4.78, 5) is 10.8. The maximum Gasteiger partial charge on any atom is 0.303 e. The third-order valence-corrected chi connectivity index (χ3v) is 1.93. The summed E-state index contributed by atoms with van der Waals surface area (Å²) in [6.07, 6.45) is 0.443. The minimum atomic E-state index is -0.831. The number of rotatable bonds is 4. The van der Waals surface area contributed by atoms with Crippen LogP contribution in [0, 0.1) is 0 Å². The summed E-state index contributed by atoms with van der Waals surface area (Å²) >= 11 is 4.98. The molecule has 0 atom stereocenters. The monoisotopic (exact) mass is 209 g/mol. The van der Waals surface area contributed by atoms with Gasteiger partial charge in [0.1, 0.15) is 0 Å². The van der Waals surface area contributed by atoms with Gasteiger partial charge < -0.3 is 10.4 Å². The summed E-state index contributed by atoms with van der Waals surface area (Å²) in [6, 6.07) is 9.45. The van der Waals surface area contributed by atoms with Crippen molar-refractivity contribution in [3.05, 3.63) is 30.3 Å². The molecule has 0 fully saturated rings. The lowest BCUT2D eigenvalue weighted by Crippen LogP contribution is -2.10. The number of anilines is 1. The minimum absolute atomic E-state index is 0.0681. The lowest BCUT2D eigenvalue weighted by atomic mass is 10.3. The number of carboxylic acids is 1. The molecule has 0 aliphatic carbocycles. The van der Waals surface area contributed by atoms with Crippen molar-refractivity contribution in [2.24, 2.45) is 0 Å². The van der Waals surface area contributed by atoms with E-state index in [0.29, 0.717) is 11.4 Å². The molecule has 3 nitrogen and oxygen atoms in total. The molecule has 1 rings (SSSR count). The quantitative estimate of drug-likeness (QED) is 0.747. The summed E-state index contributed by atoms with van der Waals surface area (Å²) in [5.74, 6) is -0.831.